The summed E-state index contributed by atoms with van der Waals surface area (Å²) in [6, 6.07) is 7.96. The third-order valence-electron chi connectivity index (χ3n) is 3.32. The Balaban J connectivity index is 2.15. The van der Waals surface area contributed by atoms with Gasteiger partial charge >= 0.3 is 0 Å². The van der Waals surface area contributed by atoms with Crippen LogP contribution in [0.2, 0.25) is 5.02 Å². The number of hydrogen-bond acceptors (Lipinski definition) is 5. The summed E-state index contributed by atoms with van der Waals surface area (Å²) in [5.41, 5.74) is -0.263. The van der Waals surface area contributed by atoms with E-state index >= 15 is 0 Å². The second kappa shape index (κ2) is 7.77. The lowest BCUT2D eigenvalue weighted by Crippen LogP contribution is -2.35. The molecule has 0 aliphatic heterocycles. The van der Waals surface area contributed by atoms with Crippen LogP contribution in [0.4, 0.5) is 15.8 Å². The van der Waals surface area contributed by atoms with E-state index in [1.807, 2.05) is 0 Å². The van der Waals surface area contributed by atoms with Crippen molar-refractivity contribution in [1.29, 1.82) is 0 Å². The van der Waals surface area contributed by atoms with E-state index in [2.05, 4.69) is 5.32 Å². The number of rotatable bonds is 6. The molecule has 2 aromatic carbocycles. The van der Waals surface area contributed by atoms with Gasteiger partial charge in [-0.15, -0.1) is 0 Å². The number of amides is 1. The molecule has 0 aliphatic rings. The van der Waals surface area contributed by atoms with E-state index in [1.165, 1.54) is 12.1 Å². The summed E-state index contributed by atoms with van der Waals surface area (Å²) < 4.78 is 38.5. The largest absolute Gasteiger partial charge is 0.325 e. The summed E-state index contributed by atoms with van der Waals surface area (Å²) in [6.07, 6.45) is 0. The van der Waals surface area contributed by atoms with E-state index in [0.29, 0.717) is 5.69 Å². The number of nitrogens with one attached hydrogen (secondary N) is 1. The highest BCUT2D eigenvalue weighted by Gasteiger charge is 2.26. The van der Waals surface area contributed by atoms with Gasteiger partial charge in [-0.05, 0) is 36.4 Å². The van der Waals surface area contributed by atoms with Gasteiger partial charge in [-0.25, -0.2) is 12.8 Å². The zero-order chi connectivity index (χ0) is 19.5. The lowest BCUT2D eigenvalue weighted by Gasteiger charge is -2.17. The number of sulfonamides is 1. The molecule has 1 N–H and O–H groups in total. The standard InChI is InChI=1S/C15H13ClFN3O5S/c1-19(9-15(21)18-11-4-2-10(17)3-5-11)26(24,25)12-6-7-13(16)14(8-12)20(22)23/h2-8H,9H2,1H3,(H,18,21). The van der Waals surface area contributed by atoms with Gasteiger partial charge in [-0.1, -0.05) is 11.6 Å². The van der Waals surface area contributed by atoms with Crippen LogP contribution in [0.15, 0.2) is 47.4 Å². The van der Waals surface area contributed by atoms with E-state index in [-0.39, 0.29) is 9.92 Å². The average Bonchev–Trinajstić information content (AvgIpc) is 2.56. The summed E-state index contributed by atoms with van der Waals surface area (Å²) >= 11 is 5.67. The minimum Gasteiger partial charge on any atom is -0.325 e. The van der Waals surface area contributed by atoms with E-state index in [1.54, 1.807) is 0 Å². The molecule has 0 spiro atoms. The van der Waals surface area contributed by atoms with Crippen LogP contribution in [-0.2, 0) is 14.8 Å². The fourth-order valence-electron chi connectivity index (χ4n) is 1.99. The van der Waals surface area contributed by atoms with Crippen LogP contribution < -0.4 is 5.32 Å². The van der Waals surface area contributed by atoms with Crippen molar-refractivity contribution in [3.05, 3.63) is 63.4 Å². The molecule has 2 rings (SSSR count). The molecular formula is C15H13ClFN3O5S. The van der Waals surface area contributed by atoms with Gasteiger partial charge in [0.05, 0.1) is 16.4 Å². The second-order valence-corrected chi connectivity index (χ2v) is 7.64. The molecule has 2 aromatic rings. The number of likely N-dealkylation sites (N-methyl/N-ethyl adjacent to an activating group) is 1. The van der Waals surface area contributed by atoms with Gasteiger partial charge in [0.1, 0.15) is 10.8 Å². The highest BCUT2D eigenvalue weighted by atomic mass is 35.5. The van der Waals surface area contributed by atoms with Crippen molar-refractivity contribution in [2.24, 2.45) is 0 Å². The Morgan fingerprint density at radius 1 is 1.27 bits per heavy atom. The second-order valence-electron chi connectivity index (χ2n) is 5.19. The molecule has 0 heterocycles. The zero-order valence-corrected chi connectivity index (χ0v) is 14.9. The first-order chi connectivity index (χ1) is 12.1. The number of halogens is 2. The van der Waals surface area contributed by atoms with Gasteiger partial charge in [0.15, 0.2) is 0 Å². The quantitative estimate of drug-likeness (QED) is 0.591. The van der Waals surface area contributed by atoms with Crippen molar-refractivity contribution < 1.29 is 22.5 Å². The van der Waals surface area contributed by atoms with Crippen LogP contribution in [-0.4, -0.2) is 37.1 Å². The molecule has 0 radical (unpaired) electrons. The SMILES string of the molecule is CN(CC(=O)Nc1ccc(F)cc1)S(=O)(=O)c1ccc(Cl)c([N+](=O)[O-])c1. The van der Waals surface area contributed by atoms with Crippen LogP contribution in [0.5, 0.6) is 0 Å². The Labute approximate surface area is 153 Å². The van der Waals surface area contributed by atoms with Gasteiger partial charge in [0, 0.05) is 18.8 Å². The number of carbonyl (C=O) groups excluding carboxylic acids is 1. The Morgan fingerprint density at radius 2 is 1.88 bits per heavy atom. The first kappa shape index (κ1) is 19.8. The van der Waals surface area contributed by atoms with Crippen LogP contribution in [0.3, 0.4) is 0 Å². The molecule has 0 aromatic heterocycles. The van der Waals surface area contributed by atoms with Gasteiger partial charge in [0.2, 0.25) is 15.9 Å². The maximum atomic E-state index is 12.8. The van der Waals surface area contributed by atoms with Crippen LogP contribution >= 0.6 is 11.6 Å². The fourth-order valence-corrected chi connectivity index (χ4v) is 3.33. The van der Waals surface area contributed by atoms with Crippen molar-refractivity contribution in [3.8, 4) is 0 Å². The van der Waals surface area contributed by atoms with Gasteiger partial charge in [-0.3, -0.25) is 14.9 Å². The van der Waals surface area contributed by atoms with Crippen LogP contribution in [0, 0.1) is 15.9 Å². The van der Waals surface area contributed by atoms with E-state index in [4.69, 9.17) is 11.6 Å². The summed E-state index contributed by atoms with van der Waals surface area (Å²) in [5, 5.41) is 13.1. The number of nitro benzene ring substituents is 1. The molecule has 26 heavy (non-hydrogen) atoms. The van der Waals surface area contributed by atoms with Crippen molar-refractivity contribution in [3.63, 3.8) is 0 Å². The Morgan fingerprint density at radius 3 is 2.46 bits per heavy atom. The highest BCUT2D eigenvalue weighted by molar-refractivity contribution is 7.89. The highest BCUT2D eigenvalue weighted by Crippen LogP contribution is 2.28. The summed E-state index contributed by atoms with van der Waals surface area (Å²) in [5.74, 6) is -1.14. The van der Waals surface area contributed by atoms with E-state index in [9.17, 15) is 27.7 Å². The molecular weight excluding hydrogens is 389 g/mol. The third kappa shape index (κ3) is 4.54. The maximum Gasteiger partial charge on any atom is 0.289 e. The first-order valence-corrected chi connectivity index (χ1v) is 8.89. The van der Waals surface area contributed by atoms with E-state index < -0.39 is 38.9 Å². The van der Waals surface area contributed by atoms with Crippen molar-refractivity contribution >= 4 is 38.9 Å². The lowest BCUT2D eigenvalue weighted by atomic mass is 10.3. The lowest BCUT2D eigenvalue weighted by molar-refractivity contribution is -0.384. The smallest absolute Gasteiger partial charge is 0.289 e. The molecule has 0 bridgehead atoms. The number of benzene rings is 2. The van der Waals surface area contributed by atoms with Gasteiger partial charge < -0.3 is 5.32 Å². The van der Waals surface area contributed by atoms with Gasteiger partial charge in [-0.2, -0.15) is 4.31 Å². The predicted octanol–water partition coefficient (Wildman–Crippen LogP) is 2.65. The normalized spacial score (nSPS) is 11.4. The van der Waals surface area contributed by atoms with Crippen LogP contribution in [0.25, 0.3) is 0 Å². The zero-order valence-electron chi connectivity index (χ0n) is 13.3. The van der Waals surface area contributed by atoms with E-state index in [0.717, 1.165) is 41.7 Å². The number of nitro groups is 1. The third-order valence-corrected chi connectivity index (χ3v) is 5.44. The van der Waals surface area contributed by atoms with Crippen molar-refractivity contribution in [2.45, 2.75) is 4.90 Å². The fraction of sp³-hybridized carbons (Fsp3) is 0.133. The predicted molar refractivity (Wildman–Crippen MR) is 93.0 cm³/mol. The minimum absolute atomic E-state index is 0.203. The first-order valence-electron chi connectivity index (χ1n) is 7.07. The summed E-state index contributed by atoms with van der Waals surface area (Å²) in [6.45, 7) is -0.546. The molecule has 8 nitrogen and oxygen atoms in total. The van der Waals surface area contributed by atoms with Crippen molar-refractivity contribution in [1.82, 2.24) is 4.31 Å². The minimum atomic E-state index is -4.16. The summed E-state index contributed by atoms with van der Waals surface area (Å²) in [7, 11) is -3.00. The van der Waals surface area contributed by atoms with Crippen LogP contribution in [0.1, 0.15) is 0 Å². The maximum absolute atomic E-state index is 12.8. The number of anilines is 1. The molecule has 0 saturated carbocycles. The number of carbonyl (C=O) groups is 1. The molecule has 11 heteroatoms. The Hall–Kier alpha value is -2.56. The average molecular weight is 402 g/mol. The molecule has 0 aliphatic carbocycles. The Kier molecular flexibility index (Phi) is 5.90. The number of hydrogen-bond donors (Lipinski definition) is 1. The Bertz CT molecular complexity index is 950. The molecule has 0 unspecified atom stereocenters. The topological polar surface area (TPSA) is 110 Å². The monoisotopic (exact) mass is 401 g/mol. The molecule has 0 atom stereocenters. The van der Waals surface area contributed by atoms with Gasteiger partial charge in [0.25, 0.3) is 5.69 Å². The molecule has 1 amide bonds. The molecule has 138 valence electrons. The molecule has 0 fully saturated rings. The summed E-state index contributed by atoms with van der Waals surface area (Å²) in [4.78, 5) is 21.7. The van der Waals surface area contributed by atoms with Crippen molar-refractivity contribution in [2.75, 3.05) is 18.9 Å². The number of nitrogens with zero attached hydrogens (tertiary/aromatic N) is 2. The molecule has 0 saturated heterocycles.